The molecule has 0 spiro atoms. The van der Waals surface area contributed by atoms with Gasteiger partial charge in [0.05, 0.1) is 0 Å². The summed E-state index contributed by atoms with van der Waals surface area (Å²) < 4.78 is 13.8. The van der Waals surface area contributed by atoms with Crippen molar-refractivity contribution in [3.63, 3.8) is 0 Å². The lowest BCUT2D eigenvalue weighted by Gasteiger charge is -2.05. The molecule has 0 fully saturated rings. The van der Waals surface area contributed by atoms with Gasteiger partial charge < -0.3 is 9.88 Å². The minimum absolute atomic E-state index is 0.138. The van der Waals surface area contributed by atoms with E-state index in [1.807, 2.05) is 20.2 Å². The molecular weight excluding hydrogens is 292 g/mol. The first-order valence-electron chi connectivity index (χ1n) is 4.99. The molecule has 1 amide bonds. The lowest BCUT2D eigenvalue weighted by atomic mass is 10.4. The standard InChI is InChI=1S/C10H15BrN2O2S/c1-3-16(15)5-4-12-10(14)9-6-8(11)7-13(9)2/h6-7H,3-5H2,1-2H3,(H,12,14). The Morgan fingerprint density at radius 1 is 1.62 bits per heavy atom. The number of amides is 1. The molecular formula is C10H15BrN2O2S. The first-order valence-corrected chi connectivity index (χ1v) is 7.27. The Labute approximate surface area is 106 Å². The molecule has 0 saturated heterocycles. The number of nitrogens with zero attached hydrogens (tertiary/aromatic N) is 1. The maximum Gasteiger partial charge on any atom is 0.267 e. The zero-order valence-electron chi connectivity index (χ0n) is 9.33. The molecule has 6 heteroatoms. The first kappa shape index (κ1) is 13.4. The second kappa shape index (κ2) is 6.20. The molecule has 0 aliphatic carbocycles. The van der Waals surface area contributed by atoms with E-state index in [9.17, 15) is 9.00 Å². The van der Waals surface area contributed by atoms with Crippen LogP contribution in [0.2, 0.25) is 0 Å². The van der Waals surface area contributed by atoms with E-state index in [2.05, 4.69) is 21.2 Å². The molecule has 90 valence electrons. The van der Waals surface area contributed by atoms with E-state index in [1.54, 1.807) is 10.6 Å². The van der Waals surface area contributed by atoms with E-state index in [0.717, 1.165) is 4.47 Å². The summed E-state index contributed by atoms with van der Waals surface area (Å²) in [5.41, 5.74) is 0.592. The van der Waals surface area contributed by atoms with Gasteiger partial charge >= 0.3 is 0 Å². The van der Waals surface area contributed by atoms with E-state index >= 15 is 0 Å². The highest BCUT2D eigenvalue weighted by Crippen LogP contribution is 2.13. The molecule has 0 saturated carbocycles. The van der Waals surface area contributed by atoms with Crippen LogP contribution in [0.3, 0.4) is 0 Å². The van der Waals surface area contributed by atoms with Crippen molar-refractivity contribution in [1.82, 2.24) is 9.88 Å². The number of carbonyl (C=O) groups is 1. The van der Waals surface area contributed by atoms with Crippen molar-refractivity contribution in [2.45, 2.75) is 6.92 Å². The van der Waals surface area contributed by atoms with Gasteiger partial charge in [0.2, 0.25) is 0 Å². The lowest BCUT2D eigenvalue weighted by Crippen LogP contribution is -2.29. The third-order valence-corrected chi connectivity index (χ3v) is 3.88. The number of nitrogens with one attached hydrogen (secondary N) is 1. The lowest BCUT2D eigenvalue weighted by molar-refractivity contribution is 0.0948. The molecule has 1 rings (SSSR count). The molecule has 0 aliphatic rings. The molecule has 0 aliphatic heterocycles. The van der Waals surface area contributed by atoms with Gasteiger partial charge in [0.25, 0.3) is 5.91 Å². The van der Waals surface area contributed by atoms with Gasteiger partial charge in [-0.25, -0.2) is 0 Å². The summed E-state index contributed by atoms with van der Waals surface area (Å²) in [5.74, 6) is 1.00. The van der Waals surface area contributed by atoms with Crippen LogP contribution in [0.25, 0.3) is 0 Å². The SMILES string of the molecule is CCS(=O)CCNC(=O)c1cc(Br)cn1C. The minimum Gasteiger partial charge on any atom is -0.350 e. The number of carbonyl (C=O) groups excluding carboxylic acids is 1. The molecule has 4 nitrogen and oxygen atoms in total. The quantitative estimate of drug-likeness (QED) is 0.891. The fourth-order valence-corrected chi connectivity index (χ4v) is 2.41. The van der Waals surface area contributed by atoms with Crippen LogP contribution in [-0.2, 0) is 17.8 Å². The van der Waals surface area contributed by atoms with Crippen molar-refractivity contribution in [3.05, 3.63) is 22.4 Å². The van der Waals surface area contributed by atoms with Crippen LogP contribution in [0.4, 0.5) is 0 Å². The van der Waals surface area contributed by atoms with Gasteiger partial charge in [-0.05, 0) is 22.0 Å². The average molecular weight is 307 g/mol. The van der Waals surface area contributed by atoms with Gasteiger partial charge in [0.15, 0.2) is 0 Å². The summed E-state index contributed by atoms with van der Waals surface area (Å²) in [6.45, 7) is 2.31. The molecule has 1 unspecified atom stereocenters. The zero-order valence-corrected chi connectivity index (χ0v) is 11.7. The predicted octanol–water partition coefficient (Wildman–Crippen LogP) is 1.29. The van der Waals surface area contributed by atoms with Crippen LogP contribution in [-0.4, -0.2) is 32.7 Å². The number of hydrogen-bond donors (Lipinski definition) is 1. The third kappa shape index (κ3) is 3.75. The number of halogens is 1. The Morgan fingerprint density at radius 2 is 2.31 bits per heavy atom. The van der Waals surface area contributed by atoms with Gasteiger partial charge in [-0.3, -0.25) is 9.00 Å². The average Bonchev–Trinajstić information content (AvgIpc) is 2.57. The van der Waals surface area contributed by atoms with Gasteiger partial charge in [-0.1, -0.05) is 6.92 Å². The second-order valence-electron chi connectivity index (χ2n) is 3.34. The number of aromatic nitrogens is 1. The Morgan fingerprint density at radius 3 is 2.81 bits per heavy atom. The van der Waals surface area contributed by atoms with Gasteiger partial charge in [0, 0.05) is 46.6 Å². The smallest absolute Gasteiger partial charge is 0.267 e. The zero-order chi connectivity index (χ0) is 12.1. The van der Waals surface area contributed by atoms with Gasteiger partial charge in [-0.15, -0.1) is 0 Å². The largest absolute Gasteiger partial charge is 0.350 e. The highest BCUT2D eigenvalue weighted by Gasteiger charge is 2.10. The topological polar surface area (TPSA) is 51.1 Å². The van der Waals surface area contributed by atoms with E-state index in [4.69, 9.17) is 0 Å². The normalized spacial score (nSPS) is 12.4. The fraction of sp³-hybridized carbons (Fsp3) is 0.500. The molecule has 0 radical (unpaired) electrons. The van der Waals surface area contributed by atoms with Crippen LogP contribution in [0.15, 0.2) is 16.7 Å². The van der Waals surface area contributed by atoms with Gasteiger partial charge in [0.1, 0.15) is 5.69 Å². The molecule has 1 N–H and O–H groups in total. The van der Waals surface area contributed by atoms with E-state index in [1.165, 1.54) is 0 Å². The third-order valence-electron chi connectivity index (χ3n) is 2.14. The summed E-state index contributed by atoms with van der Waals surface area (Å²) in [7, 11) is 0.979. The van der Waals surface area contributed by atoms with Crippen LogP contribution < -0.4 is 5.32 Å². The second-order valence-corrected chi connectivity index (χ2v) is 6.12. The Balaban J connectivity index is 2.47. The number of rotatable bonds is 5. The van der Waals surface area contributed by atoms with Crippen molar-refractivity contribution in [2.24, 2.45) is 7.05 Å². The van der Waals surface area contributed by atoms with E-state index in [-0.39, 0.29) is 5.91 Å². The van der Waals surface area contributed by atoms with Crippen molar-refractivity contribution in [1.29, 1.82) is 0 Å². The molecule has 1 atom stereocenters. The maximum absolute atomic E-state index is 11.7. The van der Waals surface area contributed by atoms with Crippen molar-refractivity contribution < 1.29 is 9.00 Å². The molecule has 1 heterocycles. The molecule has 16 heavy (non-hydrogen) atoms. The molecule has 0 bridgehead atoms. The monoisotopic (exact) mass is 306 g/mol. The first-order chi connectivity index (χ1) is 7.54. The minimum atomic E-state index is -0.831. The van der Waals surface area contributed by atoms with Gasteiger partial charge in [-0.2, -0.15) is 0 Å². The fourth-order valence-electron chi connectivity index (χ4n) is 1.26. The highest BCUT2D eigenvalue weighted by atomic mass is 79.9. The number of hydrogen-bond acceptors (Lipinski definition) is 2. The molecule has 1 aromatic heterocycles. The molecule has 1 aromatic rings. The van der Waals surface area contributed by atoms with Crippen molar-refractivity contribution in [2.75, 3.05) is 18.1 Å². The Hall–Kier alpha value is -0.620. The van der Waals surface area contributed by atoms with E-state index < -0.39 is 10.8 Å². The van der Waals surface area contributed by atoms with Crippen molar-refractivity contribution in [3.8, 4) is 0 Å². The predicted molar refractivity (Wildman–Crippen MR) is 69.0 cm³/mol. The van der Waals surface area contributed by atoms with Crippen LogP contribution >= 0.6 is 15.9 Å². The Bertz CT molecular complexity index is 404. The summed E-state index contributed by atoms with van der Waals surface area (Å²) in [5, 5.41) is 2.74. The van der Waals surface area contributed by atoms with Crippen LogP contribution in [0, 0.1) is 0 Å². The van der Waals surface area contributed by atoms with Crippen LogP contribution in [0.5, 0.6) is 0 Å². The Kier molecular flexibility index (Phi) is 5.21. The summed E-state index contributed by atoms with van der Waals surface area (Å²) in [6.07, 6.45) is 1.82. The maximum atomic E-state index is 11.7. The van der Waals surface area contributed by atoms with Crippen LogP contribution in [0.1, 0.15) is 17.4 Å². The summed E-state index contributed by atoms with van der Waals surface area (Å²) >= 11 is 3.30. The molecule has 0 aromatic carbocycles. The number of aryl methyl sites for hydroxylation is 1. The van der Waals surface area contributed by atoms with E-state index in [0.29, 0.717) is 23.7 Å². The summed E-state index contributed by atoms with van der Waals surface area (Å²) in [4.78, 5) is 11.7. The van der Waals surface area contributed by atoms with Crippen molar-refractivity contribution >= 4 is 32.6 Å². The summed E-state index contributed by atoms with van der Waals surface area (Å²) in [6, 6.07) is 1.76. The highest BCUT2D eigenvalue weighted by molar-refractivity contribution is 9.10.